The lowest BCUT2D eigenvalue weighted by molar-refractivity contribution is -0.135. The molecule has 1 aromatic carbocycles. The number of amides is 1. The van der Waals surface area contributed by atoms with Gasteiger partial charge in [-0.25, -0.2) is 0 Å². The Morgan fingerprint density at radius 3 is 2.35 bits per heavy atom. The zero-order valence-corrected chi connectivity index (χ0v) is 13.9. The molecule has 0 radical (unpaired) electrons. The fourth-order valence-electron chi connectivity index (χ4n) is 3.47. The lowest BCUT2D eigenvalue weighted by Crippen LogP contribution is -2.54. The van der Waals surface area contributed by atoms with Gasteiger partial charge in [-0.3, -0.25) is 9.69 Å². The predicted octanol–water partition coefficient (Wildman–Crippen LogP) is 1.32. The molecule has 1 atom stereocenters. The second-order valence-corrected chi connectivity index (χ2v) is 6.59. The molecule has 0 bridgehead atoms. The van der Waals surface area contributed by atoms with E-state index in [1.165, 1.54) is 5.56 Å². The van der Waals surface area contributed by atoms with E-state index in [9.17, 15) is 4.79 Å². The topological polar surface area (TPSA) is 58.8 Å². The smallest absolute Gasteiger partial charge is 0.244 e. The number of carbonyl (C=O) groups is 1. The van der Waals surface area contributed by atoms with Gasteiger partial charge in [0.1, 0.15) is 6.04 Å². The van der Waals surface area contributed by atoms with Crippen LogP contribution in [-0.4, -0.2) is 61.1 Å². The van der Waals surface area contributed by atoms with Crippen LogP contribution in [0.25, 0.3) is 0 Å². The lowest BCUT2D eigenvalue weighted by Gasteiger charge is -2.41. The molecule has 126 valence electrons. The molecule has 0 saturated carbocycles. The number of aryl methyl sites for hydroxylation is 1. The van der Waals surface area contributed by atoms with Gasteiger partial charge in [-0.2, -0.15) is 0 Å². The highest BCUT2D eigenvalue weighted by Gasteiger charge is 2.29. The monoisotopic (exact) mass is 317 g/mol. The highest BCUT2D eigenvalue weighted by molar-refractivity contribution is 5.83. The van der Waals surface area contributed by atoms with Crippen molar-refractivity contribution in [1.82, 2.24) is 9.80 Å². The first-order valence-electron chi connectivity index (χ1n) is 8.58. The van der Waals surface area contributed by atoms with Gasteiger partial charge in [0.05, 0.1) is 0 Å². The fraction of sp³-hybridized carbons (Fsp3) is 0.611. The van der Waals surface area contributed by atoms with E-state index in [1.807, 2.05) is 36.1 Å². The average Bonchev–Trinajstić information content (AvgIpc) is 2.62. The normalized spacial score (nSPS) is 22.1. The molecular weight excluding hydrogens is 290 g/mol. The van der Waals surface area contributed by atoms with Gasteiger partial charge in [0.25, 0.3) is 0 Å². The summed E-state index contributed by atoms with van der Waals surface area (Å²) in [6.45, 7) is 7.19. The fourth-order valence-corrected chi connectivity index (χ4v) is 3.47. The second kappa shape index (κ2) is 7.43. The molecule has 23 heavy (non-hydrogen) atoms. The number of ether oxygens (including phenoxy) is 1. The first kappa shape index (κ1) is 16.4. The molecule has 2 saturated heterocycles. The van der Waals surface area contributed by atoms with Gasteiger partial charge in [-0.15, -0.1) is 0 Å². The van der Waals surface area contributed by atoms with Gasteiger partial charge in [-0.05, 0) is 25.3 Å². The summed E-state index contributed by atoms with van der Waals surface area (Å²) in [6, 6.07) is 7.99. The van der Waals surface area contributed by atoms with Gasteiger partial charge in [-0.1, -0.05) is 29.8 Å². The molecule has 0 spiro atoms. The minimum atomic E-state index is -0.551. The summed E-state index contributed by atoms with van der Waals surface area (Å²) < 4.78 is 5.43. The van der Waals surface area contributed by atoms with Crippen molar-refractivity contribution >= 4 is 5.91 Å². The van der Waals surface area contributed by atoms with Gasteiger partial charge in [0.2, 0.25) is 5.91 Å². The van der Waals surface area contributed by atoms with Crippen LogP contribution in [-0.2, 0) is 9.53 Å². The van der Waals surface area contributed by atoms with Crippen molar-refractivity contribution < 1.29 is 9.53 Å². The van der Waals surface area contributed by atoms with E-state index >= 15 is 0 Å². The highest BCUT2D eigenvalue weighted by Crippen LogP contribution is 2.19. The Balaban J connectivity index is 1.54. The number of rotatable bonds is 3. The number of piperazine rings is 1. The maximum atomic E-state index is 12.6. The van der Waals surface area contributed by atoms with Crippen LogP contribution in [0.1, 0.15) is 30.0 Å². The van der Waals surface area contributed by atoms with Crippen molar-refractivity contribution in [1.29, 1.82) is 0 Å². The number of nitrogens with two attached hydrogens (primary N) is 1. The Kier molecular flexibility index (Phi) is 5.30. The Morgan fingerprint density at radius 1 is 1.13 bits per heavy atom. The van der Waals surface area contributed by atoms with Crippen molar-refractivity contribution in [3.8, 4) is 0 Å². The van der Waals surface area contributed by atoms with E-state index in [4.69, 9.17) is 10.5 Å². The summed E-state index contributed by atoms with van der Waals surface area (Å²) in [7, 11) is 0. The van der Waals surface area contributed by atoms with E-state index in [2.05, 4.69) is 4.90 Å². The Bertz CT molecular complexity index is 518. The first-order chi connectivity index (χ1) is 11.1. The van der Waals surface area contributed by atoms with Crippen LogP contribution >= 0.6 is 0 Å². The average molecular weight is 317 g/mol. The van der Waals surface area contributed by atoms with Crippen LogP contribution in [0.2, 0.25) is 0 Å². The Morgan fingerprint density at radius 2 is 1.74 bits per heavy atom. The molecule has 0 aliphatic carbocycles. The van der Waals surface area contributed by atoms with E-state index in [0.29, 0.717) is 6.04 Å². The van der Waals surface area contributed by atoms with Crippen molar-refractivity contribution in [2.45, 2.75) is 31.8 Å². The maximum absolute atomic E-state index is 12.6. The number of hydrogen-bond donors (Lipinski definition) is 1. The molecule has 5 nitrogen and oxygen atoms in total. The third-order valence-electron chi connectivity index (χ3n) is 5.04. The molecule has 2 heterocycles. The highest BCUT2D eigenvalue weighted by atomic mass is 16.5. The predicted molar refractivity (Wildman–Crippen MR) is 90.1 cm³/mol. The third kappa shape index (κ3) is 3.91. The SMILES string of the molecule is Cc1ccc(C(N)C(=O)N2CCN(C3CCOCC3)CC2)cc1. The van der Waals surface area contributed by atoms with Gasteiger partial charge in [0, 0.05) is 45.4 Å². The van der Waals surface area contributed by atoms with Gasteiger partial charge < -0.3 is 15.4 Å². The lowest BCUT2D eigenvalue weighted by atomic mass is 10.0. The molecule has 2 N–H and O–H groups in total. The van der Waals surface area contributed by atoms with Crippen molar-refractivity contribution in [2.24, 2.45) is 5.73 Å². The quantitative estimate of drug-likeness (QED) is 0.913. The van der Waals surface area contributed by atoms with Crippen molar-refractivity contribution in [3.63, 3.8) is 0 Å². The molecule has 1 unspecified atom stereocenters. The minimum Gasteiger partial charge on any atom is -0.381 e. The van der Waals surface area contributed by atoms with Crippen LogP contribution in [0, 0.1) is 6.92 Å². The number of hydrogen-bond acceptors (Lipinski definition) is 4. The zero-order valence-electron chi connectivity index (χ0n) is 13.9. The summed E-state index contributed by atoms with van der Waals surface area (Å²) in [5.74, 6) is 0.0421. The van der Waals surface area contributed by atoms with E-state index in [1.54, 1.807) is 0 Å². The molecule has 2 aliphatic heterocycles. The van der Waals surface area contributed by atoms with Crippen molar-refractivity contribution in [3.05, 3.63) is 35.4 Å². The van der Waals surface area contributed by atoms with Gasteiger partial charge >= 0.3 is 0 Å². The van der Waals surface area contributed by atoms with E-state index < -0.39 is 6.04 Å². The number of benzene rings is 1. The third-order valence-corrected chi connectivity index (χ3v) is 5.04. The molecule has 1 amide bonds. The van der Waals surface area contributed by atoms with Crippen LogP contribution in [0.5, 0.6) is 0 Å². The summed E-state index contributed by atoms with van der Waals surface area (Å²) in [4.78, 5) is 17.0. The summed E-state index contributed by atoms with van der Waals surface area (Å²) in [6.07, 6.45) is 2.22. The largest absolute Gasteiger partial charge is 0.381 e. The number of nitrogens with zero attached hydrogens (tertiary/aromatic N) is 2. The maximum Gasteiger partial charge on any atom is 0.244 e. The van der Waals surface area contributed by atoms with Gasteiger partial charge in [0.15, 0.2) is 0 Å². The van der Waals surface area contributed by atoms with E-state index in [0.717, 1.165) is 57.8 Å². The summed E-state index contributed by atoms with van der Waals surface area (Å²) >= 11 is 0. The molecule has 2 aliphatic rings. The van der Waals surface area contributed by atoms with Crippen LogP contribution < -0.4 is 5.73 Å². The van der Waals surface area contributed by atoms with Crippen molar-refractivity contribution in [2.75, 3.05) is 39.4 Å². The van der Waals surface area contributed by atoms with E-state index in [-0.39, 0.29) is 5.91 Å². The molecule has 5 heteroatoms. The molecule has 1 aromatic rings. The summed E-state index contributed by atoms with van der Waals surface area (Å²) in [5, 5.41) is 0. The molecule has 3 rings (SSSR count). The number of carbonyl (C=O) groups excluding carboxylic acids is 1. The Hall–Kier alpha value is -1.43. The van der Waals surface area contributed by atoms with Crippen LogP contribution in [0.15, 0.2) is 24.3 Å². The van der Waals surface area contributed by atoms with Crippen LogP contribution in [0.4, 0.5) is 0 Å². The summed E-state index contributed by atoms with van der Waals surface area (Å²) in [5.41, 5.74) is 8.25. The Labute approximate surface area is 138 Å². The molecule has 0 aromatic heterocycles. The molecular formula is C18H27N3O2. The standard InChI is InChI=1S/C18H27N3O2/c1-14-2-4-15(5-3-14)17(19)18(22)21-10-8-20(9-11-21)16-6-12-23-13-7-16/h2-5,16-17H,6-13,19H2,1H3. The molecule has 2 fully saturated rings. The first-order valence-corrected chi connectivity index (χ1v) is 8.58. The minimum absolute atomic E-state index is 0.0421. The second-order valence-electron chi connectivity index (χ2n) is 6.59. The van der Waals surface area contributed by atoms with Crippen LogP contribution in [0.3, 0.4) is 0 Å². The zero-order chi connectivity index (χ0) is 16.2.